The number of thioether (sulfide) groups is 1. The van der Waals surface area contributed by atoms with Gasteiger partial charge in [-0.1, -0.05) is 45.7 Å². The maximum absolute atomic E-state index is 12.6. The zero-order valence-electron chi connectivity index (χ0n) is 11.4. The van der Waals surface area contributed by atoms with Crippen molar-refractivity contribution in [1.29, 1.82) is 0 Å². The lowest BCUT2D eigenvalue weighted by Gasteiger charge is -2.25. The summed E-state index contributed by atoms with van der Waals surface area (Å²) in [6, 6.07) is 12.4. The van der Waals surface area contributed by atoms with Gasteiger partial charge in [0.1, 0.15) is 4.90 Å². The third kappa shape index (κ3) is 3.36. The molecule has 1 aliphatic rings. The summed E-state index contributed by atoms with van der Waals surface area (Å²) in [7, 11) is -3.66. The van der Waals surface area contributed by atoms with Crippen LogP contribution >= 0.6 is 39.3 Å². The number of nitrogens with one attached hydrogen (secondary N) is 1. The molecule has 1 atom stereocenters. The van der Waals surface area contributed by atoms with Crippen LogP contribution in [0, 0.1) is 0 Å². The fourth-order valence-electron chi connectivity index (χ4n) is 2.41. The van der Waals surface area contributed by atoms with Gasteiger partial charge in [0.15, 0.2) is 0 Å². The van der Waals surface area contributed by atoms with E-state index in [1.807, 2.05) is 24.3 Å². The minimum atomic E-state index is -3.66. The molecule has 0 radical (unpaired) electrons. The van der Waals surface area contributed by atoms with Gasteiger partial charge in [0, 0.05) is 15.4 Å². The van der Waals surface area contributed by atoms with Crippen molar-refractivity contribution in [3.8, 4) is 0 Å². The molecule has 116 valence electrons. The van der Waals surface area contributed by atoms with Crippen LogP contribution in [0.25, 0.3) is 0 Å². The van der Waals surface area contributed by atoms with Crippen LogP contribution in [0.5, 0.6) is 0 Å². The summed E-state index contributed by atoms with van der Waals surface area (Å²) in [6.45, 7) is 0. The minimum absolute atomic E-state index is 0.105. The number of sulfonamides is 1. The molecule has 0 aromatic heterocycles. The number of rotatable bonds is 3. The van der Waals surface area contributed by atoms with E-state index < -0.39 is 10.0 Å². The van der Waals surface area contributed by atoms with Crippen LogP contribution in [0.2, 0.25) is 5.02 Å². The lowest BCUT2D eigenvalue weighted by molar-refractivity contribution is 0.546. The standard InChI is InChI=1S/C15H13BrClNO2S2/c16-10-5-6-15(12(17)9-10)22(19,20)18-13-7-8-21-14-4-2-1-3-11(13)14/h1-6,9,13,18H,7-8H2/t13-/m1/s1. The summed E-state index contributed by atoms with van der Waals surface area (Å²) in [5.41, 5.74) is 1.02. The Morgan fingerprint density at radius 3 is 2.77 bits per heavy atom. The SMILES string of the molecule is O=S(=O)(N[C@@H]1CCSc2ccccc21)c1ccc(Br)cc1Cl. The Balaban J connectivity index is 1.93. The number of hydrogen-bond acceptors (Lipinski definition) is 3. The minimum Gasteiger partial charge on any atom is -0.207 e. The normalized spacial score (nSPS) is 18.0. The van der Waals surface area contributed by atoms with E-state index >= 15 is 0 Å². The lowest BCUT2D eigenvalue weighted by Crippen LogP contribution is -2.30. The molecule has 2 aromatic carbocycles. The molecule has 0 saturated heterocycles. The molecule has 3 rings (SSSR count). The van der Waals surface area contributed by atoms with Crippen molar-refractivity contribution in [2.75, 3.05) is 5.75 Å². The van der Waals surface area contributed by atoms with Gasteiger partial charge in [-0.25, -0.2) is 13.1 Å². The Hall–Kier alpha value is -0.530. The van der Waals surface area contributed by atoms with Gasteiger partial charge in [0.2, 0.25) is 10.0 Å². The van der Waals surface area contributed by atoms with Gasteiger partial charge in [-0.05, 0) is 42.0 Å². The van der Waals surface area contributed by atoms with Crippen LogP contribution in [-0.4, -0.2) is 14.2 Å². The topological polar surface area (TPSA) is 46.2 Å². The van der Waals surface area contributed by atoms with E-state index in [0.717, 1.165) is 27.1 Å². The van der Waals surface area contributed by atoms with E-state index in [1.165, 1.54) is 6.07 Å². The first kappa shape index (κ1) is 16.3. The number of fused-ring (bicyclic) bond motifs is 1. The molecule has 7 heteroatoms. The second-order valence-electron chi connectivity index (χ2n) is 4.92. The zero-order valence-corrected chi connectivity index (χ0v) is 15.4. The van der Waals surface area contributed by atoms with Crippen molar-refractivity contribution in [2.24, 2.45) is 0 Å². The van der Waals surface area contributed by atoms with Crippen molar-refractivity contribution in [3.63, 3.8) is 0 Å². The largest absolute Gasteiger partial charge is 0.242 e. The van der Waals surface area contributed by atoms with E-state index in [9.17, 15) is 8.42 Å². The first-order valence-electron chi connectivity index (χ1n) is 6.66. The summed E-state index contributed by atoms with van der Waals surface area (Å²) in [4.78, 5) is 1.23. The zero-order chi connectivity index (χ0) is 15.7. The van der Waals surface area contributed by atoms with Crippen LogP contribution < -0.4 is 4.72 Å². The molecule has 0 fully saturated rings. The van der Waals surface area contributed by atoms with Crippen molar-refractivity contribution in [2.45, 2.75) is 22.3 Å². The molecule has 0 unspecified atom stereocenters. The number of hydrogen-bond donors (Lipinski definition) is 1. The predicted octanol–water partition coefficient (Wildman–Crippen LogP) is 4.62. The van der Waals surface area contributed by atoms with Gasteiger partial charge < -0.3 is 0 Å². The number of halogens is 2. The molecular weight excluding hydrogens is 406 g/mol. The molecule has 0 spiro atoms. The van der Waals surface area contributed by atoms with E-state index in [1.54, 1.807) is 23.9 Å². The van der Waals surface area contributed by atoms with Gasteiger partial charge in [0.05, 0.1) is 5.02 Å². The molecule has 0 saturated carbocycles. The molecule has 2 aromatic rings. The third-order valence-corrected chi connectivity index (χ3v) is 7.01. The Morgan fingerprint density at radius 2 is 2.00 bits per heavy atom. The molecule has 0 aliphatic carbocycles. The van der Waals surface area contributed by atoms with Gasteiger partial charge in [-0.3, -0.25) is 0 Å². The summed E-state index contributed by atoms with van der Waals surface area (Å²) < 4.78 is 28.8. The van der Waals surface area contributed by atoms with Crippen LogP contribution in [0.15, 0.2) is 56.7 Å². The van der Waals surface area contributed by atoms with Crippen LogP contribution in [-0.2, 0) is 10.0 Å². The molecular formula is C15H13BrClNO2S2. The van der Waals surface area contributed by atoms with E-state index in [4.69, 9.17) is 11.6 Å². The second kappa shape index (κ2) is 6.53. The predicted molar refractivity (Wildman–Crippen MR) is 94.0 cm³/mol. The van der Waals surface area contributed by atoms with E-state index in [-0.39, 0.29) is 16.0 Å². The average molecular weight is 419 g/mol. The van der Waals surface area contributed by atoms with Gasteiger partial charge in [-0.2, -0.15) is 0 Å². The fourth-order valence-corrected chi connectivity index (χ4v) is 5.82. The van der Waals surface area contributed by atoms with Crippen molar-refractivity contribution in [1.82, 2.24) is 4.72 Å². The Bertz CT molecular complexity index is 811. The van der Waals surface area contributed by atoms with Crippen LogP contribution in [0.4, 0.5) is 0 Å². The van der Waals surface area contributed by atoms with Crippen molar-refractivity contribution < 1.29 is 8.42 Å². The quantitative estimate of drug-likeness (QED) is 0.791. The first-order valence-corrected chi connectivity index (χ1v) is 10.3. The molecule has 0 amide bonds. The van der Waals surface area contributed by atoms with E-state index in [0.29, 0.717) is 0 Å². The van der Waals surface area contributed by atoms with Gasteiger partial charge >= 0.3 is 0 Å². The highest BCUT2D eigenvalue weighted by Crippen LogP contribution is 2.37. The number of benzene rings is 2. The summed E-state index contributed by atoms with van der Waals surface area (Å²) >= 11 is 11.1. The highest BCUT2D eigenvalue weighted by atomic mass is 79.9. The molecule has 1 N–H and O–H groups in total. The highest BCUT2D eigenvalue weighted by molar-refractivity contribution is 9.10. The summed E-state index contributed by atoms with van der Waals surface area (Å²) in [5.74, 6) is 0.887. The van der Waals surface area contributed by atoms with Gasteiger partial charge in [0.25, 0.3) is 0 Å². The van der Waals surface area contributed by atoms with Crippen LogP contribution in [0.3, 0.4) is 0 Å². The smallest absolute Gasteiger partial charge is 0.207 e. The molecule has 3 nitrogen and oxygen atoms in total. The third-order valence-electron chi connectivity index (χ3n) is 3.44. The lowest BCUT2D eigenvalue weighted by atomic mass is 10.1. The Labute approximate surface area is 147 Å². The van der Waals surface area contributed by atoms with Crippen molar-refractivity contribution >= 4 is 49.3 Å². The van der Waals surface area contributed by atoms with E-state index in [2.05, 4.69) is 20.7 Å². The second-order valence-corrected chi connectivity index (χ2v) is 9.07. The maximum atomic E-state index is 12.6. The average Bonchev–Trinajstić information content (AvgIpc) is 2.47. The molecule has 1 heterocycles. The van der Waals surface area contributed by atoms with Gasteiger partial charge in [-0.15, -0.1) is 11.8 Å². The molecule has 0 bridgehead atoms. The molecule has 22 heavy (non-hydrogen) atoms. The van der Waals surface area contributed by atoms with Crippen molar-refractivity contribution in [3.05, 3.63) is 57.5 Å². The Kier molecular flexibility index (Phi) is 4.85. The monoisotopic (exact) mass is 417 g/mol. The molecule has 1 aliphatic heterocycles. The van der Waals surface area contributed by atoms with Crippen LogP contribution in [0.1, 0.15) is 18.0 Å². The fraction of sp³-hybridized carbons (Fsp3) is 0.200. The summed E-state index contributed by atoms with van der Waals surface area (Å²) in [5, 5.41) is 0.209. The highest BCUT2D eigenvalue weighted by Gasteiger charge is 2.27. The summed E-state index contributed by atoms with van der Waals surface area (Å²) in [6.07, 6.45) is 0.759. The first-order chi connectivity index (χ1) is 10.5. The Morgan fingerprint density at radius 1 is 1.23 bits per heavy atom. The maximum Gasteiger partial charge on any atom is 0.242 e.